The molecule has 3 aliphatic rings. The predicted molar refractivity (Wildman–Crippen MR) is 81.8 cm³/mol. The van der Waals surface area contributed by atoms with Crippen LogP contribution in [0.1, 0.15) is 25.7 Å². The van der Waals surface area contributed by atoms with Crippen LogP contribution in [0.25, 0.3) is 0 Å². The number of carbonyl (C=O) groups excluding carboxylic acids is 1. The molecule has 1 atom stereocenters. The molecule has 0 aromatic carbocycles. The van der Waals surface area contributed by atoms with Crippen molar-refractivity contribution in [2.75, 3.05) is 24.5 Å². The van der Waals surface area contributed by atoms with Crippen molar-refractivity contribution >= 4 is 21.7 Å². The summed E-state index contributed by atoms with van der Waals surface area (Å²) in [5.74, 6) is 0.706. The molecule has 1 spiro atoms. The molecule has 1 aliphatic carbocycles. The average Bonchev–Trinajstić information content (AvgIpc) is 3.22. The van der Waals surface area contributed by atoms with Gasteiger partial charge in [0.15, 0.2) is 0 Å². The first kappa shape index (κ1) is 14.1. The third-order valence-electron chi connectivity index (χ3n) is 4.96. The largest absolute Gasteiger partial charge is 0.296 e. The Balaban J connectivity index is 1.54. The van der Waals surface area contributed by atoms with Gasteiger partial charge >= 0.3 is 0 Å². The van der Waals surface area contributed by atoms with Crippen LogP contribution >= 0.6 is 0 Å². The number of rotatable bonds is 3. The summed E-state index contributed by atoms with van der Waals surface area (Å²) >= 11 is 0. The number of anilines is 1. The molecule has 1 saturated carbocycles. The number of sulfonamides is 1. The van der Waals surface area contributed by atoms with Gasteiger partial charge in [-0.3, -0.25) is 9.69 Å². The number of pyridine rings is 1. The number of aromatic nitrogens is 1. The van der Waals surface area contributed by atoms with Gasteiger partial charge < -0.3 is 0 Å². The topological polar surface area (TPSA) is 70.6 Å². The lowest BCUT2D eigenvalue weighted by molar-refractivity contribution is -0.117. The van der Waals surface area contributed by atoms with E-state index in [1.165, 1.54) is 0 Å². The molecule has 6 nitrogen and oxygen atoms in total. The molecule has 1 amide bonds. The molecular formula is C15H19N3O3S. The number of carbonyl (C=O) groups is 1. The van der Waals surface area contributed by atoms with Gasteiger partial charge in [0.05, 0.1) is 5.25 Å². The van der Waals surface area contributed by atoms with Gasteiger partial charge in [0.2, 0.25) is 15.9 Å². The molecule has 0 bridgehead atoms. The van der Waals surface area contributed by atoms with Crippen LogP contribution in [0.4, 0.5) is 5.82 Å². The van der Waals surface area contributed by atoms with Crippen LogP contribution in [0.15, 0.2) is 24.4 Å². The maximum atomic E-state index is 12.4. The molecular weight excluding hydrogens is 302 g/mol. The molecule has 0 radical (unpaired) electrons. The summed E-state index contributed by atoms with van der Waals surface area (Å²) in [5, 5.41) is -0.174. The number of hydrogen-bond acceptors (Lipinski definition) is 4. The van der Waals surface area contributed by atoms with E-state index in [0.717, 1.165) is 19.3 Å². The average molecular weight is 321 g/mol. The first-order valence-corrected chi connectivity index (χ1v) is 9.21. The lowest BCUT2D eigenvalue weighted by Gasteiger charge is -2.23. The minimum Gasteiger partial charge on any atom is -0.296 e. The molecule has 1 aromatic heterocycles. The normalized spacial score (nSPS) is 29.6. The molecule has 118 valence electrons. The Morgan fingerprint density at radius 3 is 2.73 bits per heavy atom. The minimum atomic E-state index is -3.14. The van der Waals surface area contributed by atoms with E-state index in [1.807, 2.05) is 18.2 Å². The number of amides is 1. The van der Waals surface area contributed by atoms with Crippen LogP contribution in [-0.2, 0) is 14.8 Å². The summed E-state index contributed by atoms with van der Waals surface area (Å²) in [6.07, 6.45) is 4.41. The minimum absolute atomic E-state index is 0.0457. The SMILES string of the molecule is O=C1C[C@@]2(CCN(S(=O)(=O)C3CC3)C2)CN1c1ccccn1. The summed E-state index contributed by atoms with van der Waals surface area (Å²) in [6.45, 7) is 1.59. The Morgan fingerprint density at radius 1 is 1.23 bits per heavy atom. The second kappa shape index (κ2) is 4.76. The van der Waals surface area contributed by atoms with Gasteiger partial charge in [-0.05, 0) is 31.4 Å². The van der Waals surface area contributed by atoms with Gasteiger partial charge in [-0.25, -0.2) is 17.7 Å². The Labute approximate surface area is 130 Å². The highest BCUT2D eigenvalue weighted by molar-refractivity contribution is 7.90. The quantitative estimate of drug-likeness (QED) is 0.833. The summed E-state index contributed by atoms with van der Waals surface area (Å²) in [6, 6.07) is 5.50. The molecule has 2 saturated heterocycles. The first-order chi connectivity index (χ1) is 10.5. The zero-order chi connectivity index (χ0) is 15.4. The first-order valence-electron chi connectivity index (χ1n) is 7.71. The van der Waals surface area contributed by atoms with E-state index in [1.54, 1.807) is 15.4 Å². The molecule has 1 aromatic rings. The maximum absolute atomic E-state index is 12.4. The summed E-state index contributed by atoms with van der Waals surface area (Å²) < 4.78 is 26.4. The van der Waals surface area contributed by atoms with Crippen molar-refractivity contribution in [1.82, 2.24) is 9.29 Å². The van der Waals surface area contributed by atoms with E-state index in [9.17, 15) is 13.2 Å². The smallest absolute Gasteiger partial charge is 0.228 e. The Morgan fingerprint density at radius 2 is 2.05 bits per heavy atom. The summed E-state index contributed by atoms with van der Waals surface area (Å²) in [5.41, 5.74) is -0.240. The van der Waals surface area contributed by atoms with E-state index >= 15 is 0 Å². The molecule has 7 heteroatoms. The van der Waals surface area contributed by atoms with Gasteiger partial charge in [-0.15, -0.1) is 0 Å². The van der Waals surface area contributed by atoms with Crippen molar-refractivity contribution in [3.63, 3.8) is 0 Å². The van der Waals surface area contributed by atoms with Crippen LogP contribution in [-0.4, -0.2) is 48.5 Å². The zero-order valence-corrected chi connectivity index (χ0v) is 13.1. The van der Waals surface area contributed by atoms with E-state index < -0.39 is 10.0 Å². The third kappa shape index (κ3) is 2.23. The molecule has 0 unspecified atom stereocenters. The van der Waals surface area contributed by atoms with Crippen molar-refractivity contribution in [3.8, 4) is 0 Å². The van der Waals surface area contributed by atoms with Crippen molar-refractivity contribution in [3.05, 3.63) is 24.4 Å². The van der Waals surface area contributed by atoms with Crippen molar-refractivity contribution < 1.29 is 13.2 Å². The second-order valence-corrected chi connectivity index (χ2v) is 8.89. The van der Waals surface area contributed by atoms with Crippen molar-refractivity contribution in [2.45, 2.75) is 30.9 Å². The van der Waals surface area contributed by atoms with Crippen molar-refractivity contribution in [1.29, 1.82) is 0 Å². The van der Waals surface area contributed by atoms with Crippen molar-refractivity contribution in [2.24, 2.45) is 5.41 Å². The van der Waals surface area contributed by atoms with Gasteiger partial charge in [0.1, 0.15) is 5.82 Å². The number of nitrogens with zero attached hydrogens (tertiary/aromatic N) is 3. The van der Waals surface area contributed by atoms with Gasteiger partial charge in [0, 0.05) is 37.7 Å². The van der Waals surface area contributed by atoms with Crippen LogP contribution < -0.4 is 4.90 Å². The monoisotopic (exact) mass is 321 g/mol. The Kier molecular flexibility index (Phi) is 3.06. The van der Waals surface area contributed by atoms with Crippen LogP contribution in [0, 0.1) is 5.41 Å². The summed E-state index contributed by atoms with van der Waals surface area (Å²) in [4.78, 5) is 18.3. The molecule has 2 aliphatic heterocycles. The lowest BCUT2D eigenvalue weighted by atomic mass is 9.86. The molecule has 3 heterocycles. The molecule has 0 N–H and O–H groups in total. The van der Waals surface area contributed by atoms with Gasteiger partial charge in [-0.2, -0.15) is 0 Å². The highest BCUT2D eigenvalue weighted by Gasteiger charge is 2.52. The fourth-order valence-electron chi connectivity index (χ4n) is 3.58. The van der Waals surface area contributed by atoms with Gasteiger partial charge in [-0.1, -0.05) is 6.07 Å². The third-order valence-corrected chi connectivity index (χ3v) is 7.30. The van der Waals surface area contributed by atoms with E-state index in [4.69, 9.17) is 0 Å². The standard InChI is InChI=1S/C15H19N3O3S/c19-14-9-15(11-18(14)13-3-1-2-7-16-13)6-8-17(10-15)22(20,21)12-4-5-12/h1-3,7,12H,4-6,8-11H2/t15-/m1/s1. The maximum Gasteiger partial charge on any atom is 0.228 e. The van der Waals surface area contributed by atoms with Crippen LogP contribution in [0.2, 0.25) is 0 Å². The van der Waals surface area contributed by atoms with E-state index in [-0.39, 0.29) is 16.6 Å². The zero-order valence-electron chi connectivity index (χ0n) is 12.3. The van der Waals surface area contributed by atoms with Crippen LogP contribution in [0.5, 0.6) is 0 Å². The molecule has 3 fully saturated rings. The fraction of sp³-hybridized carbons (Fsp3) is 0.600. The highest BCUT2D eigenvalue weighted by atomic mass is 32.2. The van der Waals surface area contributed by atoms with E-state index in [2.05, 4.69) is 4.98 Å². The predicted octanol–water partition coefficient (Wildman–Crippen LogP) is 1.00. The molecule has 22 heavy (non-hydrogen) atoms. The Bertz CT molecular complexity index is 702. The Hall–Kier alpha value is -1.47. The second-order valence-electron chi connectivity index (χ2n) is 6.67. The van der Waals surface area contributed by atoms with Gasteiger partial charge in [0.25, 0.3) is 0 Å². The van der Waals surface area contributed by atoms with E-state index in [0.29, 0.717) is 31.9 Å². The summed E-state index contributed by atoms with van der Waals surface area (Å²) in [7, 11) is -3.14. The lowest BCUT2D eigenvalue weighted by Crippen LogP contribution is -2.35. The molecule has 4 rings (SSSR count). The number of hydrogen-bond donors (Lipinski definition) is 0. The van der Waals surface area contributed by atoms with Crippen LogP contribution in [0.3, 0.4) is 0 Å². The highest BCUT2D eigenvalue weighted by Crippen LogP contribution is 2.44. The fourth-order valence-corrected chi connectivity index (χ4v) is 5.53.